The predicted octanol–water partition coefficient (Wildman–Crippen LogP) is 4.61. The zero-order valence-corrected chi connectivity index (χ0v) is 24.0. The predicted molar refractivity (Wildman–Crippen MR) is 148 cm³/mol. The van der Waals surface area contributed by atoms with Crippen LogP contribution in [0.15, 0.2) is 58.4 Å². The van der Waals surface area contributed by atoms with E-state index in [2.05, 4.69) is 12.2 Å². The van der Waals surface area contributed by atoms with Crippen LogP contribution >= 0.6 is 11.6 Å². The number of aliphatic imine (C=N–C) groups is 1. The van der Waals surface area contributed by atoms with E-state index in [9.17, 15) is 17.6 Å². The summed E-state index contributed by atoms with van der Waals surface area (Å²) in [5.74, 6) is 0.829. The molecule has 2 aliphatic heterocycles. The molecule has 2 aromatic carbocycles. The van der Waals surface area contributed by atoms with Gasteiger partial charge in [-0.15, -0.1) is 0 Å². The molecule has 2 heterocycles. The van der Waals surface area contributed by atoms with Crippen LogP contribution in [-0.2, 0) is 21.4 Å². The van der Waals surface area contributed by atoms with Crippen LogP contribution in [0.3, 0.4) is 0 Å². The highest BCUT2D eigenvalue weighted by molar-refractivity contribution is 7.89. The van der Waals surface area contributed by atoms with Crippen molar-refractivity contribution in [2.75, 3.05) is 13.1 Å². The number of carbonyl (C=O) groups excluding carboxylic acids is 1. The van der Waals surface area contributed by atoms with E-state index in [-0.39, 0.29) is 27.8 Å². The van der Waals surface area contributed by atoms with Crippen LogP contribution in [0.5, 0.6) is 0 Å². The third-order valence-corrected chi connectivity index (χ3v) is 11.3. The molecule has 7 nitrogen and oxygen atoms in total. The summed E-state index contributed by atoms with van der Waals surface area (Å²) in [5, 5.41) is 3.47. The Balaban J connectivity index is 1.24. The van der Waals surface area contributed by atoms with Crippen molar-refractivity contribution in [3.63, 3.8) is 0 Å². The van der Waals surface area contributed by atoms with E-state index in [1.54, 1.807) is 36.4 Å². The van der Waals surface area contributed by atoms with Gasteiger partial charge in [0, 0.05) is 30.6 Å². The summed E-state index contributed by atoms with van der Waals surface area (Å²) in [6.45, 7) is 7.72. The molecule has 0 aromatic heterocycles. The van der Waals surface area contributed by atoms with Crippen LogP contribution in [-0.4, -0.2) is 59.6 Å². The average Bonchev–Trinajstić information content (AvgIpc) is 3.41. The smallest absolute Gasteiger partial charge is 0.247 e. The zero-order chi connectivity index (χ0) is 27.8. The van der Waals surface area contributed by atoms with Gasteiger partial charge in [0.05, 0.1) is 15.5 Å². The molecule has 0 unspecified atom stereocenters. The minimum Gasteiger partial charge on any atom is -0.360 e. The topological polar surface area (TPSA) is 82.1 Å². The average molecular weight is 573 g/mol. The fourth-order valence-corrected chi connectivity index (χ4v) is 8.83. The summed E-state index contributed by atoms with van der Waals surface area (Å²) in [4.78, 5) is 20.5. The molecule has 208 valence electrons. The number of carbonyl (C=O) groups is 1. The van der Waals surface area contributed by atoms with Crippen molar-refractivity contribution in [3.05, 3.63) is 64.9 Å². The van der Waals surface area contributed by atoms with Gasteiger partial charge in [-0.2, -0.15) is 4.31 Å². The van der Waals surface area contributed by atoms with E-state index in [4.69, 9.17) is 16.6 Å². The molecule has 2 atom stereocenters. The van der Waals surface area contributed by atoms with E-state index in [0.717, 1.165) is 25.3 Å². The summed E-state index contributed by atoms with van der Waals surface area (Å²) in [7, 11) is -3.86. The highest BCUT2D eigenvalue weighted by Crippen LogP contribution is 2.71. The lowest BCUT2D eigenvalue weighted by Gasteiger charge is -2.72. The second kappa shape index (κ2) is 9.01. The molecular formula is C29H34ClFN4O3S. The van der Waals surface area contributed by atoms with Gasteiger partial charge in [-0.05, 0) is 75.3 Å². The molecule has 1 amide bonds. The van der Waals surface area contributed by atoms with E-state index in [1.165, 1.54) is 16.4 Å². The molecular weight excluding hydrogens is 539 g/mol. The lowest BCUT2D eigenvalue weighted by atomic mass is 9.38. The van der Waals surface area contributed by atoms with Crippen LogP contribution in [0, 0.1) is 17.2 Å². The third kappa shape index (κ3) is 4.28. The van der Waals surface area contributed by atoms with Gasteiger partial charge in [-0.1, -0.05) is 42.8 Å². The standard InChI is InChI=1S/C29H34ClFN4O3S/c1-19-11-12-34(14-19)25(36)24-27(2,3)33-26(32-24)28-16-29(17-28,18-28)35(15-20-9-10-22(30)23(31)13-20)39(37,38)21-7-5-4-6-8-21/h4-10,13,19,24H,11-12,14-18H2,1-3H3,(H,32,33)/t19-,24-,28?,29?/m0/s1. The zero-order valence-electron chi connectivity index (χ0n) is 22.5. The van der Waals surface area contributed by atoms with Gasteiger partial charge in [-0.3, -0.25) is 9.79 Å². The Morgan fingerprint density at radius 2 is 1.87 bits per heavy atom. The molecule has 0 radical (unpaired) electrons. The largest absolute Gasteiger partial charge is 0.360 e. The molecule has 2 bridgehead atoms. The second-order valence-corrected chi connectivity index (χ2v) is 14.7. The van der Waals surface area contributed by atoms with Crippen LogP contribution in [0.1, 0.15) is 52.0 Å². The number of nitrogens with one attached hydrogen (secondary N) is 1. The maximum absolute atomic E-state index is 14.3. The summed E-state index contributed by atoms with van der Waals surface area (Å²) in [6, 6.07) is 12.4. The SMILES string of the molecule is C[C@H]1CCN(C(=O)[C@@H]2NC(C34CC(N(Cc5ccc(Cl)c(F)c5)S(=O)(=O)c5ccccc5)(C3)C4)=NC2(C)C)C1. The summed E-state index contributed by atoms with van der Waals surface area (Å²) < 4.78 is 43.6. The van der Waals surface area contributed by atoms with Gasteiger partial charge in [0.15, 0.2) is 0 Å². The maximum Gasteiger partial charge on any atom is 0.247 e. The number of rotatable bonds is 7. The van der Waals surface area contributed by atoms with Crippen LogP contribution in [0.25, 0.3) is 0 Å². The first-order chi connectivity index (χ1) is 18.4. The molecule has 2 aromatic rings. The van der Waals surface area contributed by atoms with Gasteiger partial charge in [0.1, 0.15) is 17.7 Å². The number of nitrogens with zero attached hydrogens (tertiary/aromatic N) is 3. The third-order valence-electron chi connectivity index (χ3n) is 9.05. The number of amidine groups is 1. The fourth-order valence-electron chi connectivity index (χ4n) is 6.93. The summed E-state index contributed by atoms with van der Waals surface area (Å²) >= 11 is 5.88. The lowest BCUT2D eigenvalue weighted by molar-refractivity contribution is -0.151. The van der Waals surface area contributed by atoms with E-state index >= 15 is 0 Å². The van der Waals surface area contributed by atoms with Crippen molar-refractivity contribution >= 4 is 33.4 Å². The van der Waals surface area contributed by atoms with Gasteiger partial charge in [-0.25, -0.2) is 12.8 Å². The Bertz CT molecular complexity index is 1440. The molecule has 39 heavy (non-hydrogen) atoms. The molecule has 3 aliphatic carbocycles. The first-order valence-corrected chi connectivity index (χ1v) is 15.3. The number of likely N-dealkylation sites (tertiary alicyclic amines) is 1. The van der Waals surface area contributed by atoms with Crippen LogP contribution < -0.4 is 5.32 Å². The Hall–Kier alpha value is -2.49. The molecule has 10 heteroatoms. The molecule has 1 saturated heterocycles. The van der Waals surface area contributed by atoms with Gasteiger partial charge in [0.2, 0.25) is 15.9 Å². The Morgan fingerprint density at radius 1 is 1.18 bits per heavy atom. The number of hydrogen-bond acceptors (Lipinski definition) is 5. The van der Waals surface area contributed by atoms with E-state index in [0.29, 0.717) is 30.7 Å². The lowest BCUT2D eigenvalue weighted by Crippen LogP contribution is -2.78. The molecule has 5 aliphatic rings. The van der Waals surface area contributed by atoms with Crippen LogP contribution in [0.4, 0.5) is 4.39 Å². The van der Waals surface area contributed by atoms with Crippen molar-refractivity contribution in [2.45, 2.75) is 75.0 Å². The van der Waals surface area contributed by atoms with Gasteiger partial charge < -0.3 is 10.2 Å². The normalized spacial score (nSPS) is 30.9. The maximum atomic E-state index is 14.3. The molecule has 7 rings (SSSR count). The van der Waals surface area contributed by atoms with Gasteiger partial charge >= 0.3 is 0 Å². The van der Waals surface area contributed by atoms with Crippen molar-refractivity contribution in [3.8, 4) is 0 Å². The first-order valence-electron chi connectivity index (χ1n) is 13.5. The highest BCUT2D eigenvalue weighted by Gasteiger charge is 2.75. The number of sulfonamides is 1. The Labute approximate surface area is 234 Å². The number of halogens is 2. The fraction of sp³-hybridized carbons (Fsp3) is 0.517. The van der Waals surface area contributed by atoms with Gasteiger partial charge in [0.25, 0.3) is 0 Å². The minimum atomic E-state index is -3.86. The van der Waals surface area contributed by atoms with Crippen LogP contribution in [0.2, 0.25) is 5.02 Å². The quantitative estimate of drug-likeness (QED) is 0.525. The van der Waals surface area contributed by atoms with Crippen molar-refractivity contribution in [2.24, 2.45) is 16.3 Å². The van der Waals surface area contributed by atoms with E-state index < -0.39 is 33.0 Å². The summed E-state index contributed by atoms with van der Waals surface area (Å²) in [5.41, 5.74) is -0.915. The highest BCUT2D eigenvalue weighted by atomic mass is 35.5. The number of benzene rings is 2. The van der Waals surface area contributed by atoms with E-state index in [1.807, 2.05) is 18.7 Å². The molecule has 3 saturated carbocycles. The monoisotopic (exact) mass is 572 g/mol. The molecule has 1 N–H and O–H groups in total. The van der Waals surface area contributed by atoms with Crippen molar-refractivity contribution in [1.29, 1.82) is 0 Å². The summed E-state index contributed by atoms with van der Waals surface area (Å²) in [6.07, 6.45) is 2.82. The number of amides is 1. The first kappa shape index (κ1) is 26.7. The van der Waals surface area contributed by atoms with Crippen molar-refractivity contribution in [1.82, 2.24) is 14.5 Å². The van der Waals surface area contributed by atoms with Crippen molar-refractivity contribution < 1.29 is 17.6 Å². The Kier molecular flexibility index (Phi) is 6.17. The Morgan fingerprint density at radius 3 is 2.49 bits per heavy atom. The molecule has 4 fully saturated rings. The molecule has 0 spiro atoms. The second-order valence-electron chi connectivity index (χ2n) is 12.5. The number of hydrogen-bond donors (Lipinski definition) is 1. The minimum absolute atomic E-state index is 0.00103.